The van der Waals surface area contributed by atoms with Crippen molar-refractivity contribution in [3.05, 3.63) is 71.0 Å². The largest absolute Gasteiger partial charge is 0.507 e. The standard InChI is InChI=1S/C24H24FNO6/c1-32-18-11-9-15(10-12-18)22(29)20-21(16-6-5-7-17(25)14-16)26(24(31)23(20)30)13-4-2-3-8-19(27)28/h5-7,9-12,14,21,29H,2-4,8,13H2,1H3,(H,27,28)/t21-/m0/s1. The number of hydrogen-bond donors (Lipinski definition) is 2. The van der Waals surface area contributed by atoms with E-state index in [1.54, 1.807) is 30.3 Å². The number of carbonyl (C=O) groups excluding carboxylic acids is 2. The number of Topliss-reactive ketones (excluding diaryl/α,β-unsaturated/α-hetero) is 1. The van der Waals surface area contributed by atoms with Gasteiger partial charge in [-0.05, 0) is 54.8 Å². The van der Waals surface area contributed by atoms with Gasteiger partial charge in [-0.15, -0.1) is 0 Å². The van der Waals surface area contributed by atoms with Gasteiger partial charge < -0.3 is 19.8 Å². The Morgan fingerprint density at radius 3 is 2.41 bits per heavy atom. The van der Waals surface area contributed by atoms with Crippen LogP contribution >= 0.6 is 0 Å². The van der Waals surface area contributed by atoms with Crippen LogP contribution in [0, 0.1) is 5.82 Å². The third kappa shape index (κ3) is 4.96. The molecular formula is C24H24FNO6. The first-order valence-corrected chi connectivity index (χ1v) is 10.2. The predicted molar refractivity (Wildman–Crippen MR) is 115 cm³/mol. The zero-order valence-corrected chi connectivity index (χ0v) is 17.6. The van der Waals surface area contributed by atoms with Crippen molar-refractivity contribution in [1.82, 2.24) is 4.90 Å². The Kier molecular flexibility index (Phi) is 7.25. The van der Waals surface area contributed by atoms with Crippen molar-refractivity contribution < 1.29 is 33.7 Å². The molecule has 7 nitrogen and oxygen atoms in total. The Morgan fingerprint density at radius 1 is 1.06 bits per heavy atom. The summed E-state index contributed by atoms with van der Waals surface area (Å²) in [6, 6.07) is 11.0. The molecule has 1 aliphatic heterocycles. The Morgan fingerprint density at radius 2 is 1.78 bits per heavy atom. The Labute approximate surface area is 184 Å². The molecule has 0 unspecified atom stereocenters. The van der Waals surface area contributed by atoms with E-state index in [1.807, 2.05) is 0 Å². The quantitative estimate of drug-likeness (QED) is 0.265. The lowest BCUT2D eigenvalue weighted by molar-refractivity contribution is -0.140. The average molecular weight is 441 g/mol. The summed E-state index contributed by atoms with van der Waals surface area (Å²) in [6.45, 7) is 0.171. The number of likely N-dealkylation sites (tertiary alicyclic amines) is 1. The van der Waals surface area contributed by atoms with Crippen LogP contribution in [-0.2, 0) is 14.4 Å². The second-order valence-corrected chi connectivity index (χ2v) is 7.48. The van der Waals surface area contributed by atoms with Gasteiger partial charge in [0.15, 0.2) is 0 Å². The molecule has 0 aromatic heterocycles. The fourth-order valence-corrected chi connectivity index (χ4v) is 3.77. The monoisotopic (exact) mass is 441 g/mol. The first-order valence-electron chi connectivity index (χ1n) is 10.2. The number of aliphatic hydroxyl groups is 1. The summed E-state index contributed by atoms with van der Waals surface area (Å²) in [7, 11) is 1.50. The first kappa shape index (κ1) is 23.0. The number of benzene rings is 2. The minimum atomic E-state index is -0.952. The lowest BCUT2D eigenvalue weighted by Gasteiger charge is -2.25. The van der Waals surface area contributed by atoms with Crippen molar-refractivity contribution in [3.8, 4) is 5.75 Å². The average Bonchev–Trinajstić information content (AvgIpc) is 3.03. The van der Waals surface area contributed by atoms with Crippen LogP contribution in [0.25, 0.3) is 5.76 Å². The molecule has 1 heterocycles. The van der Waals surface area contributed by atoms with Crippen LogP contribution in [0.5, 0.6) is 5.75 Å². The summed E-state index contributed by atoms with van der Waals surface area (Å²) in [5.41, 5.74) is 0.577. The molecule has 1 saturated heterocycles. The first-order chi connectivity index (χ1) is 15.3. The van der Waals surface area contributed by atoms with E-state index in [2.05, 4.69) is 0 Å². The summed E-state index contributed by atoms with van der Waals surface area (Å²) in [6.07, 6.45) is 1.47. The van der Waals surface area contributed by atoms with Gasteiger partial charge in [-0.3, -0.25) is 14.4 Å². The van der Waals surface area contributed by atoms with Crippen molar-refractivity contribution >= 4 is 23.4 Å². The molecule has 1 aliphatic rings. The van der Waals surface area contributed by atoms with E-state index < -0.39 is 29.5 Å². The zero-order chi connectivity index (χ0) is 23.3. The second-order valence-electron chi connectivity index (χ2n) is 7.48. The summed E-state index contributed by atoms with van der Waals surface area (Å²) in [5.74, 6) is -2.85. The van der Waals surface area contributed by atoms with E-state index in [1.165, 1.54) is 30.2 Å². The van der Waals surface area contributed by atoms with Gasteiger partial charge in [0, 0.05) is 18.5 Å². The molecule has 2 aromatic carbocycles. The number of halogens is 1. The topological polar surface area (TPSA) is 104 Å². The fraction of sp³-hybridized carbons (Fsp3) is 0.292. The Balaban J connectivity index is 1.97. The molecule has 2 aromatic rings. The van der Waals surface area contributed by atoms with E-state index in [4.69, 9.17) is 9.84 Å². The number of carbonyl (C=O) groups is 3. The zero-order valence-electron chi connectivity index (χ0n) is 17.6. The van der Waals surface area contributed by atoms with Crippen molar-refractivity contribution in [1.29, 1.82) is 0 Å². The van der Waals surface area contributed by atoms with Gasteiger partial charge in [0.2, 0.25) is 0 Å². The number of carboxylic acids is 1. The number of rotatable bonds is 9. The van der Waals surface area contributed by atoms with Gasteiger partial charge in [0.1, 0.15) is 17.3 Å². The highest BCUT2D eigenvalue weighted by Crippen LogP contribution is 2.39. The Hall–Kier alpha value is -3.68. The number of carboxylic acid groups (broad SMARTS) is 1. The molecule has 2 N–H and O–H groups in total. The van der Waals surface area contributed by atoms with Gasteiger partial charge in [-0.2, -0.15) is 0 Å². The third-order valence-electron chi connectivity index (χ3n) is 5.36. The summed E-state index contributed by atoms with van der Waals surface area (Å²) < 4.78 is 19.1. The van der Waals surface area contributed by atoms with Crippen molar-refractivity contribution in [2.24, 2.45) is 0 Å². The van der Waals surface area contributed by atoms with Crippen molar-refractivity contribution in [2.75, 3.05) is 13.7 Å². The number of aliphatic hydroxyl groups excluding tert-OH is 1. The van der Waals surface area contributed by atoms with Crippen LogP contribution in [0.3, 0.4) is 0 Å². The maximum Gasteiger partial charge on any atom is 0.303 e. The highest BCUT2D eigenvalue weighted by Gasteiger charge is 2.45. The minimum absolute atomic E-state index is 0.0175. The smallest absolute Gasteiger partial charge is 0.303 e. The number of methoxy groups -OCH3 is 1. The summed E-state index contributed by atoms with van der Waals surface area (Å²) >= 11 is 0. The summed E-state index contributed by atoms with van der Waals surface area (Å²) in [5, 5.41) is 19.7. The highest BCUT2D eigenvalue weighted by molar-refractivity contribution is 6.46. The van der Waals surface area contributed by atoms with Crippen LogP contribution in [0.15, 0.2) is 54.1 Å². The Bertz CT molecular complexity index is 1050. The molecule has 8 heteroatoms. The number of hydrogen-bond acceptors (Lipinski definition) is 5. The predicted octanol–water partition coefficient (Wildman–Crippen LogP) is 3.90. The van der Waals surface area contributed by atoms with Crippen LogP contribution in [0.2, 0.25) is 0 Å². The third-order valence-corrected chi connectivity index (χ3v) is 5.36. The van der Waals surface area contributed by atoms with Gasteiger partial charge in [-0.25, -0.2) is 4.39 Å². The highest BCUT2D eigenvalue weighted by atomic mass is 19.1. The lowest BCUT2D eigenvalue weighted by atomic mass is 9.95. The molecular weight excluding hydrogens is 417 g/mol. The molecule has 0 bridgehead atoms. The molecule has 1 amide bonds. The lowest BCUT2D eigenvalue weighted by Crippen LogP contribution is -2.30. The maximum absolute atomic E-state index is 14.0. The van der Waals surface area contributed by atoms with Crippen molar-refractivity contribution in [2.45, 2.75) is 31.7 Å². The summed E-state index contributed by atoms with van der Waals surface area (Å²) in [4.78, 5) is 37.7. The van der Waals surface area contributed by atoms with Gasteiger partial charge in [0.05, 0.1) is 18.7 Å². The number of nitrogens with zero attached hydrogens (tertiary/aromatic N) is 1. The fourth-order valence-electron chi connectivity index (χ4n) is 3.77. The number of amides is 1. The molecule has 0 spiro atoms. The normalized spacial score (nSPS) is 17.6. The number of ketones is 1. The number of unbranched alkanes of at least 4 members (excludes halogenated alkanes) is 2. The molecule has 0 radical (unpaired) electrons. The molecule has 168 valence electrons. The van der Waals surface area contributed by atoms with E-state index in [-0.39, 0.29) is 24.3 Å². The second kappa shape index (κ2) is 10.1. The molecule has 0 aliphatic carbocycles. The SMILES string of the molecule is COc1ccc(C(O)=C2C(=O)C(=O)N(CCCCCC(=O)O)[C@H]2c2cccc(F)c2)cc1. The minimum Gasteiger partial charge on any atom is -0.507 e. The van der Waals surface area contributed by atoms with Crippen LogP contribution in [0.4, 0.5) is 4.39 Å². The van der Waals surface area contributed by atoms with E-state index >= 15 is 0 Å². The molecule has 1 atom stereocenters. The van der Waals surface area contributed by atoms with Crippen molar-refractivity contribution in [3.63, 3.8) is 0 Å². The molecule has 32 heavy (non-hydrogen) atoms. The van der Waals surface area contributed by atoms with Crippen LogP contribution in [0.1, 0.15) is 42.9 Å². The van der Waals surface area contributed by atoms with Crippen LogP contribution < -0.4 is 4.74 Å². The van der Waals surface area contributed by atoms with E-state index in [9.17, 15) is 23.9 Å². The molecule has 0 saturated carbocycles. The van der Waals surface area contributed by atoms with Gasteiger partial charge in [-0.1, -0.05) is 18.6 Å². The van der Waals surface area contributed by atoms with Gasteiger partial charge in [0.25, 0.3) is 11.7 Å². The maximum atomic E-state index is 14.0. The molecule has 1 fully saturated rings. The van der Waals surface area contributed by atoms with Crippen LogP contribution in [-0.4, -0.2) is 46.4 Å². The van der Waals surface area contributed by atoms with E-state index in [0.717, 1.165) is 0 Å². The van der Waals surface area contributed by atoms with E-state index in [0.29, 0.717) is 36.1 Å². The number of ether oxygens (including phenoxy) is 1. The van der Waals surface area contributed by atoms with Gasteiger partial charge >= 0.3 is 5.97 Å². The molecule has 3 rings (SSSR count). The number of aliphatic carboxylic acids is 1.